The van der Waals surface area contributed by atoms with Crippen LogP contribution in [0, 0.1) is 0 Å². The summed E-state index contributed by atoms with van der Waals surface area (Å²) in [6.07, 6.45) is -154. The van der Waals surface area contributed by atoms with Gasteiger partial charge in [0.05, 0.1) is 39.9 Å². The average molecular weight is 805 g/mol. The molecule has 10 heteroatoms. The maximum Gasteiger partial charge on any atom is 0.306 e. The summed E-state index contributed by atoms with van der Waals surface area (Å²) in [5, 5.41) is 0. The number of hydrogen-bond donors (Lipinski definition) is 0. The van der Waals surface area contributed by atoms with Gasteiger partial charge in [-0.25, -0.2) is 0 Å². The summed E-state index contributed by atoms with van der Waals surface area (Å²) in [5.41, 5.74) is 0. The van der Waals surface area contributed by atoms with Crippen LogP contribution in [-0.4, -0.2) is 69.8 Å². The van der Waals surface area contributed by atoms with E-state index in [1.54, 1.807) is 0 Å². The third-order valence-corrected chi connectivity index (χ3v) is 4.56. The second kappa shape index (κ2) is 33.8. The number of ether oxygens (including phenoxy) is 2. The molecule has 0 aliphatic carbocycles. The molecule has 50 heavy (non-hydrogen) atoms. The van der Waals surface area contributed by atoms with Crippen molar-refractivity contribution >= 4 is 19.8 Å². The zero-order valence-electron chi connectivity index (χ0n) is 96.1. The molecule has 0 aliphatic heterocycles. The quantitative estimate of drug-likeness (QED) is 0.0345. The van der Waals surface area contributed by atoms with Crippen LogP contribution in [0.3, 0.4) is 0 Å². The highest BCUT2D eigenvalue weighted by Crippen LogP contribution is 2.38. The van der Waals surface area contributed by atoms with Crippen LogP contribution in [-0.2, 0) is 32.7 Å². The standard InChI is InChI=1S/C40H80NO8P/c1-6-8-10-12-14-16-18-20-22-24-26-28-30-32-39(42)46-36-38(37-48-50(44,45)47-35-34-41(3,4)5)49-40(43)33-31-29-27-25-23-21-19-17-15-13-11-9-7-2/h38H,6-37H2,1-5H3/t38-/m1/s1/i1D3,2D3,3D3,4D3,5D3,6D2,7D2,8D2,9D2,10D2,11D2,12D2,13D2,14D2,15D2,16D2,17D2,18D2,19D2,20D2,21D2,22D2,23D2,24D2,25D2,26D2,27D2,28D2,29D2,30D2,31D2,32D2,33D2. The maximum absolute atomic E-state index is 14.1. The first-order valence-corrected chi connectivity index (χ1v) is 13.9. The van der Waals surface area contributed by atoms with Crippen molar-refractivity contribution in [1.29, 1.82) is 0 Å². The number of quaternary nitrogens is 1. The largest absolute Gasteiger partial charge is 0.756 e. The van der Waals surface area contributed by atoms with Crippen LogP contribution >= 0.6 is 7.82 Å². The minimum atomic E-state index is -6.66. The van der Waals surface area contributed by atoms with E-state index in [1.807, 2.05) is 0 Å². The van der Waals surface area contributed by atoms with Crippen molar-refractivity contribution in [2.75, 3.05) is 47.3 Å². The van der Waals surface area contributed by atoms with Crippen LogP contribution in [0.2, 0.25) is 0 Å². The van der Waals surface area contributed by atoms with Gasteiger partial charge in [-0.15, -0.1) is 0 Å². The molecule has 0 spiro atoms. The molecule has 298 valence electrons. The molecule has 0 aromatic heterocycles. The fraction of sp³-hybridized carbons (Fsp3) is 0.950. The Bertz CT molecular complexity index is 3690. The molecule has 9 nitrogen and oxygen atoms in total. The lowest BCUT2D eigenvalue weighted by Crippen LogP contribution is -2.37. The molecule has 0 bridgehead atoms. The van der Waals surface area contributed by atoms with E-state index in [2.05, 4.69) is 18.5 Å². The van der Waals surface area contributed by atoms with Gasteiger partial charge < -0.3 is 27.9 Å². The fourth-order valence-electron chi connectivity index (χ4n) is 1.86. The highest BCUT2D eigenvalue weighted by atomic mass is 31.2. The van der Waals surface area contributed by atoms with Crippen molar-refractivity contribution in [2.45, 2.75) is 198 Å². The van der Waals surface area contributed by atoms with E-state index < -0.39 is 270 Å². The first-order valence-electron chi connectivity index (χ1n) is 48.0. The molecule has 0 heterocycles. The molecule has 0 saturated heterocycles. The van der Waals surface area contributed by atoms with Gasteiger partial charge in [0.2, 0.25) is 0 Å². The summed E-state index contributed by atoms with van der Waals surface area (Å²) in [7, 11) is -6.66. The molecule has 0 aliphatic rings. The Hall–Kier alpha value is -0.990. The normalized spacial score (nSPS) is 44.0. The van der Waals surface area contributed by atoms with Crippen molar-refractivity contribution in [2.24, 2.45) is 0 Å². The predicted molar refractivity (Wildman–Crippen MR) is 204 cm³/mol. The molecule has 1 unspecified atom stereocenters. The zero-order valence-corrected chi connectivity index (χ0v) is 26.0. The molecule has 0 aromatic rings. The first kappa shape index (κ1) is 7.98. The van der Waals surface area contributed by atoms with Crippen LogP contribution in [0.5, 0.6) is 0 Å². The summed E-state index contributed by atoms with van der Waals surface area (Å²) < 4.78 is 607. The summed E-state index contributed by atoms with van der Waals surface area (Å²) in [4.78, 5) is 41.2. The Morgan fingerprint density at radius 2 is 1.00 bits per heavy atom. The molecule has 0 rings (SSSR count). The lowest BCUT2D eigenvalue weighted by Gasteiger charge is -2.28. The number of carbonyl (C=O) groups excluding carboxylic acids is 2. The molecule has 2 atom stereocenters. The summed E-state index contributed by atoms with van der Waals surface area (Å²) in [6.45, 7) is -30.1. The minimum absolute atomic E-state index is 1.96. The van der Waals surface area contributed by atoms with Gasteiger partial charge in [-0.3, -0.25) is 14.2 Å². The minimum Gasteiger partial charge on any atom is -0.756 e. The Labute approximate surface area is 408 Å². The summed E-state index contributed by atoms with van der Waals surface area (Å²) in [5.74, 6) is -6.55. The van der Waals surface area contributed by atoms with Crippen molar-refractivity contribution in [1.82, 2.24) is 0 Å². The number of carbonyl (C=O) groups is 2. The molecule has 0 aromatic carbocycles. The van der Waals surface area contributed by atoms with Crippen molar-refractivity contribution in [3.05, 3.63) is 0 Å². The highest BCUT2D eigenvalue weighted by molar-refractivity contribution is 7.45. The smallest absolute Gasteiger partial charge is 0.306 e. The molecule has 0 amide bonds. The van der Waals surface area contributed by atoms with Crippen molar-refractivity contribution in [3.8, 4) is 0 Å². The zero-order chi connectivity index (χ0) is 99.9. The van der Waals surface area contributed by atoms with Gasteiger partial charge in [-0.1, -0.05) is 167 Å². The molecule has 0 saturated carbocycles. The Kier molecular flexibility index (Phi) is 5.40. The Morgan fingerprint density at radius 1 is 0.600 bits per heavy atom. The van der Waals surface area contributed by atoms with Crippen LogP contribution < -0.4 is 4.89 Å². The van der Waals surface area contributed by atoms with Crippen LogP contribution in [0.15, 0.2) is 0 Å². The third-order valence-electron chi connectivity index (χ3n) is 3.60. The Balaban J connectivity index is 8.67. The van der Waals surface area contributed by atoms with E-state index in [0.717, 1.165) is 0 Å². The first-order chi connectivity index (χ1) is 51.1. The van der Waals surface area contributed by atoms with Crippen LogP contribution in [0.4, 0.5) is 0 Å². The molecular weight excluding hydrogens is 653 g/mol. The van der Waals surface area contributed by atoms with E-state index >= 15 is 0 Å². The van der Waals surface area contributed by atoms with Crippen molar-refractivity contribution < 1.29 is 139 Å². The van der Waals surface area contributed by atoms with Crippen LogP contribution in [0.25, 0.3) is 0 Å². The number of likely N-dealkylation sites (N-methyl/N-ethyl adjacent to an activating group) is 1. The topological polar surface area (TPSA) is 111 Å². The van der Waals surface area contributed by atoms with Crippen molar-refractivity contribution in [3.63, 3.8) is 0 Å². The van der Waals surface area contributed by atoms with Crippen LogP contribution in [0.1, 0.15) is 289 Å². The molecular formula is C40H80NO8P. The average Bonchev–Trinajstić information content (AvgIpc) is 0.678. The van der Waals surface area contributed by atoms with Gasteiger partial charge in [0.25, 0.3) is 7.82 Å². The predicted octanol–water partition coefficient (Wildman–Crippen LogP) is 10.6. The van der Waals surface area contributed by atoms with E-state index in [9.17, 15) is 19.0 Å². The fourth-order valence-corrected chi connectivity index (χ4v) is 2.58. The number of phosphoric ester groups is 1. The van der Waals surface area contributed by atoms with Gasteiger partial charge in [0.15, 0.2) is 6.10 Å². The Morgan fingerprint density at radius 3 is 1.42 bits per heavy atom. The number of nitrogens with zero attached hydrogens (tertiary/aromatic N) is 1. The molecule has 0 fully saturated rings. The number of esters is 2. The van der Waals surface area contributed by atoms with E-state index in [0.29, 0.717) is 0 Å². The highest BCUT2D eigenvalue weighted by Gasteiger charge is 2.21. The van der Waals surface area contributed by atoms with Gasteiger partial charge >= 0.3 is 11.9 Å². The number of hydrogen-bond acceptors (Lipinski definition) is 8. The maximum atomic E-state index is 14.1. The number of rotatable bonds is 38. The monoisotopic (exact) mass is 805 g/mol. The molecule has 0 N–H and O–H groups in total. The SMILES string of the molecule is [2H]C([2H])([2H])C([2H])([2H])C([2H])([2H])C([2H])([2H])C([2H])([2H])C([2H])([2H])C([2H])([2H])C([2H])([2H])C([2H])([2H])C([2H])([2H])C([2H])([2H])C([2H])([2H])C([2H])([2H])C([2H])([2H])C([2H])([2H])C(=O)OC[C@H](COP(=O)([O-])OCC[N+](C([2H])([2H])[2H])(C([2H])([2H])[2H])C([2H])([2H])[2H])OC(=O)C([2H])([2H])C([2H])([2H])C([2H])([2H])C([2H])([2H])C([2H])([2H])C([2H])([2H])C([2H])([2H])C([2H])([2H])C([2H])([2H])C([2H])([2H])C([2H])([2H])C([2H])([2H])C([2H])([2H])C([2H])([2H])C([2H])([2H])[2H]. The van der Waals surface area contributed by atoms with Gasteiger partial charge in [-0.05, 0) is 12.7 Å². The third kappa shape index (κ3) is 36.8. The lowest BCUT2D eigenvalue weighted by atomic mass is 10.0. The second-order valence-electron chi connectivity index (χ2n) is 7.24. The molecule has 0 radical (unpaired) electrons. The summed E-state index contributed by atoms with van der Waals surface area (Å²) >= 11 is 0. The van der Waals surface area contributed by atoms with Gasteiger partial charge in [0, 0.05) is 97.7 Å². The second-order valence-corrected chi connectivity index (χ2v) is 8.65. The van der Waals surface area contributed by atoms with Gasteiger partial charge in [-0.2, -0.15) is 0 Å². The summed E-state index contributed by atoms with van der Waals surface area (Å²) in [6, 6.07) is 0. The van der Waals surface area contributed by atoms with E-state index in [4.69, 9.17) is 97.3 Å². The lowest BCUT2D eigenvalue weighted by molar-refractivity contribution is -0.870. The van der Waals surface area contributed by atoms with E-state index in [1.165, 1.54) is 0 Å². The van der Waals surface area contributed by atoms with Gasteiger partial charge in [0.1, 0.15) is 19.8 Å². The van der Waals surface area contributed by atoms with E-state index in [-0.39, 0.29) is 0 Å². The number of phosphoric acid groups is 1.